The van der Waals surface area contributed by atoms with Gasteiger partial charge in [0.25, 0.3) is 5.91 Å². The minimum absolute atomic E-state index is 0.0117. The zero-order chi connectivity index (χ0) is 19.1. The van der Waals surface area contributed by atoms with Crippen LogP contribution in [0.2, 0.25) is 0 Å². The van der Waals surface area contributed by atoms with E-state index in [-0.39, 0.29) is 23.0 Å². The van der Waals surface area contributed by atoms with Crippen molar-refractivity contribution in [3.8, 4) is 0 Å². The van der Waals surface area contributed by atoms with Gasteiger partial charge in [0.1, 0.15) is 11.2 Å². The molecule has 7 heteroatoms. The lowest BCUT2D eigenvalue weighted by Crippen LogP contribution is -2.53. The number of hydrogen-bond acceptors (Lipinski definition) is 4. The van der Waals surface area contributed by atoms with Gasteiger partial charge in [-0.2, -0.15) is 0 Å². The summed E-state index contributed by atoms with van der Waals surface area (Å²) in [5, 5.41) is 9.16. The van der Waals surface area contributed by atoms with Crippen LogP contribution in [0.1, 0.15) is 26.9 Å². The van der Waals surface area contributed by atoms with Crippen molar-refractivity contribution < 1.29 is 19.1 Å². The molecule has 0 radical (unpaired) electrons. The van der Waals surface area contributed by atoms with Crippen LogP contribution in [0.15, 0.2) is 42.5 Å². The first kappa shape index (κ1) is 18.0. The number of thioether (sulfide) groups is 1. The summed E-state index contributed by atoms with van der Waals surface area (Å²) in [5.74, 6) is -0.0855. The molecule has 0 aromatic heterocycles. The fraction of sp³-hybridized carbons (Fsp3) is 0.300. The van der Waals surface area contributed by atoms with E-state index < -0.39 is 6.10 Å². The highest BCUT2D eigenvalue weighted by Gasteiger charge is 2.35. The highest BCUT2D eigenvalue weighted by atomic mass is 32.2. The molecule has 1 atom stereocenters. The van der Waals surface area contributed by atoms with E-state index in [1.807, 2.05) is 6.92 Å². The van der Waals surface area contributed by atoms with Gasteiger partial charge in [0.05, 0.1) is 11.9 Å². The molecule has 2 aliphatic rings. The molecule has 0 spiro atoms. The number of likely N-dealkylation sites (tertiary alicyclic amines) is 1. The molecule has 1 unspecified atom stereocenters. The second kappa shape index (κ2) is 6.98. The lowest BCUT2D eigenvalue weighted by atomic mass is 10.0. The van der Waals surface area contributed by atoms with E-state index in [4.69, 9.17) is 0 Å². The quantitative estimate of drug-likeness (QED) is 0.881. The molecule has 2 amide bonds. The third-order valence-corrected chi connectivity index (χ3v) is 6.09. The Morgan fingerprint density at radius 1 is 1.19 bits per heavy atom. The number of β-amino-alcohol motifs (C(OH)–C–C–N with tert-alkyl or cyclic N) is 1. The Morgan fingerprint density at radius 2 is 1.89 bits per heavy atom. The normalized spacial score (nSPS) is 20.1. The fourth-order valence-electron chi connectivity index (χ4n) is 3.42. The van der Waals surface area contributed by atoms with E-state index in [0.717, 1.165) is 16.8 Å². The first-order chi connectivity index (χ1) is 12.9. The number of amides is 2. The number of nitrogens with zero attached hydrogens (tertiary/aromatic N) is 2. The Bertz CT molecular complexity index is 897. The van der Waals surface area contributed by atoms with E-state index in [0.29, 0.717) is 24.4 Å². The number of carbonyl (C=O) groups is 2. The monoisotopic (exact) mass is 386 g/mol. The summed E-state index contributed by atoms with van der Waals surface area (Å²) in [7, 11) is 0. The van der Waals surface area contributed by atoms with Crippen molar-refractivity contribution >= 4 is 29.3 Å². The molecule has 140 valence electrons. The molecule has 2 saturated heterocycles. The summed E-state index contributed by atoms with van der Waals surface area (Å²) in [4.78, 5) is 28.3. The van der Waals surface area contributed by atoms with Crippen LogP contribution in [0.5, 0.6) is 0 Å². The Kier molecular flexibility index (Phi) is 4.65. The van der Waals surface area contributed by atoms with Crippen molar-refractivity contribution in [1.82, 2.24) is 4.90 Å². The maximum Gasteiger partial charge on any atom is 0.254 e. The summed E-state index contributed by atoms with van der Waals surface area (Å²) in [6.07, 6.45) is -0.440. The minimum atomic E-state index is -0.440. The molecule has 4 rings (SSSR count). The molecule has 2 fully saturated rings. The minimum Gasteiger partial charge on any atom is -0.389 e. The maximum absolute atomic E-state index is 13.2. The predicted molar refractivity (Wildman–Crippen MR) is 102 cm³/mol. The third kappa shape index (κ3) is 3.33. The van der Waals surface area contributed by atoms with Gasteiger partial charge in [0, 0.05) is 24.3 Å². The molecule has 1 N–H and O–H groups in total. The van der Waals surface area contributed by atoms with Crippen molar-refractivity contribution in [2.75, 3.05) is 23.7 Å². The summed E-state index contributed by atoms with van der Waals surface area (Å²) >= 11 is 1.50. The largest absolute Gasteiger partial charge is 0.389 e. The van der Waals surface area contributed by atoms with Crippen LogP contribution >= 0.6 is 11.8 Å². The smallest absolute Gasteiger partial charge is 0.254 e. The number of aliphatic hydroxyl groups excluding tert-OH is 1. The number of halogens is 1. The number of benzene rings is 2. The lowest BCUT2D eigenvalue weighted by Gasteiger charge is -2.36. The van der Waals surface area contributed by atoms with Gasteiger partial charge in [0.2, 0.25) is 5.91 Å². The Hall–Kier alpha value is -2.38. The highest BCUT2D eigenvalue weighted by Crippen LogP contribution is 2.42. The molecule has 2 heterocycles. The third-order valence-electron chi connectivity index (χ3n) is 4.88. The average molecular weight is 386 g/mol. The molecule has 0 bridgehead atoms. The van der Waals surface area contributed by atoms with Gasteiger partial charge in [0.15, 0.2) is 0 Å². The maximum atomic E-state index is 13.2. The van der Waals surface area contributed by atoms with Gasteiger partial charge < -0.3 is 10.0 Å². The molecule has 0 saturated carbocycles. The first-order valence-electron chi connectivity index (χ1n) is 8.71. The van der Waals surface area contributed by atoms with Crippen LogP contribution in [0.3, 0.4) is 0 Å². The topological polar surface area (TPSA) is 60.9 Å². The zero-order valence-corrected chi connectivity index (χ0v) is 15.6. The number of aliphatic hydroxyl groups is 1. The van der Waals surface area contributed by atoms with Crippen LogP contribution in [-0.2, 0) is 4.79 Å². The van der Waals surface area contributed by atoms with Crippen LogP contribution in [0, 0.1) is 12.7 Å². The average Bonchev–Trinajstić information content (AvgIpc) is 3.00. The van der Waals surface area contributed by atoms with Gasteiger partial charge in [-0.05, 0) is 48.4 Å². The fourth-order valence-corrected chi connectivity index (χ4v) is 4.59. The number of carbonyl (C=O) groups excluding carboxylic acids is 2. The first-order valence-corrected chi connectivity index (χ1v) is 9.76. The summed E-state index contributed by atoms with van der Waals surface area (Å²) in [6.45, 7) is 2.58. The van der Waals surface area contributed by atoms with Crippen molar-refractivity contribution in [1.29, 1.82) is 0 Å². The lowest BCUT2D eigenvalue weighted by molar-refractivity contribution is -0.115. The van der Waals surface area contributed by atoms with Crippen molar-refractivity contribution in [2.45, 2.75) is 18.4 Å². The number of hydrogen-bond donors (Lipinski definition) is 1. The van der Waals surface area contributed by atoms with Gasteiger partial charge in [-0.1, -0.05) is 12.1 Å². The van der Waals surface area contributed by atoms with E-state index >= 15 is 0 Å². The second-order valence-corrected chi connectivity index (χ2v) is 7.91. The summed E-state index contributed by atoms with van der Waals surface area (Å²) in [6, 6.07) is 11.5. The van der Waals surface area contributed by atoms with Gasteiger partial charge in [-0.25, -0.2) is 4.39 Å². The molecular weight excluding hydrogens is 367 g/mol. The molecule has 5 nitrogen and oxygen atoms in total. The van der Waals surface area contributed by atoms with Crippen LogP contribution in [0.4, 0.5) is 10.1 Å². The number of anilines is 1. The van der Waals surface area contributed by atoms with Crippen molar-refractivity contribution in [2.24, 2.45) is 0 Å². The van der Waals surface area contributed by atoms with Gasteiger partial charge >= 0.3 is 0 Å². The van der Waals surface area contributed by atoms with Gasteiger partial charge in [-0.15, -0.1) is 11.8 Å². The van der Waals surface area contributed by atoms with Crippen LogP contribution in [-0.4, -0.2) is 46.8 Å². The summed E-state index contributed by atoms with van der Waals surface area (Å²) in [5.41, 5.74) is 2.98. The molecule has 2 aromatic carbocycles. The van der Waals surface area contributed by atoms with E-state index in [1.165, 1.54) is 23.9 Å². The molecule has 0 aliphatic carbocycles. The number of aryl methyl sites for hydroxylation is 1. The van der Waals surface area contributed by atoms with E-state index in [2.05, 4.69) is 0 Å². The number of rotatable bonds is 3. The molecule has 27 heavy (non-hydrogen) atoms. The molecular formula is C20H19FN2O3S. The van der Waals surface area contributed by atoms with Crippen molar-refractivity contribution in [3.63, 3.8) is 0 Å². The van der Waals surface area contributed by atoms with Crippen molar-refractivity contribution in [3.05, 3.63) is 65.0 Å². The highest BCUT2D eigenvalue weighted by molar-refractivity contribution is 8.00. The standard InChI is InChI=1S/C20H19FN2O3S/c1-12-8-14(19(26)22-9-16(24)10-22)4-7-17(12)23-18(25)11-27-20(23)13-2-5-15(21)6-3-13/h2-8,16,20,24H,9-11H2,1H3. The Labute approximate surface area is 160 Å². The van der Waals surface area contributed by atoms with E-state index in [1.54, 1.807) is 40.1 Å². The second-order valence-electron chi connectivity index (χ2n) is 6.84. The predicted octanol–water partition coefficient (Wildman–Crippen LogP) is 2.73. The van der Waals surface area contributed by atoms with Crippen LogP contribution < -0.4 is 4.90 Å². The van der Waals surface area contributed by atoms with Crippen LogP contribution in [0.25, 0.3) is 0 Å². The summed E-state index contributed by atoms with van der Waals surface area (Å²) < 4.78 is 13.2. The molecule has 2 aliphatic heterocycles. The Balaban J connectivity index is 1.62. The Morgan fingerprint density at radius 3 is 2.52 bits per heavy atom. The molecule has 2 aromatic rings. The van der Waals surface area contributed by atoms with Gasteiger partial charge in [-0.3, -0.25) is 14.5 Å². The zero-order valence-electron chi connectivity index (χ0n) is 14.8. The SMILES string of the molecule is Cc1cc(C(=O)N2CC(O)C2)ccc1N1C(=O)CSC1c1ccc(F)cc1. The van der Waals surface area contributed by atoms with E-state index in [9.17, 15) is 19.1 Å².